The quantitative estimate of drug-likeness (QED) is 0.323. The first-order chi connectivity index (χ1) is 15.0. The first-order valence-electron chi connectivity index (χ1n) is 10.2. The van der Waals surface area contributed by atoms with E-state index in [4.69, 9.17) is 21.1 Å². The number of methoxy groups -OCH3 is 1. The van der Waals surface area contributed by atoms with Gasteiger partial charge in [-0.05, 0) is 49.6 Å². The molecule has 1 N–H and O–H groups in total. The predicted octanol–water partition coefficient (Wildman–Crippen LogP) is 6.94. The number of hydrogen-bond donors (Lipinski definition) is 1. The lowest BCUT2D eigenvalue weighted by Crippen LogP contribution is -2.26. The van der Waals surface area contributed by atoms with E-state index in [2.05, 4.69) is 52.4 Å². The molecule has 0 saturated heterocycles. The van der Waals surface area contributed by atoms with Crippen molar-refractivity contribution in [1.82, 2.24) is 5.32 Å². The third-order valence-electron chi connectivity index (χ3n) is 5.15. The van der Waals surface area contributed by atoms with Crippen molar-refractivity contribution >= 4 is 27.5 Å². The van der Waals surface area contributed by atoms with Gasteiger partial charge < -0.3 is 14.8 Å². The lowest BCUT2D eigenvalue weighted by Gasteiger charge is -2.20. The molecule has 0 spiro atoms. The Hall–Kier alpha value is -2.08. The molecule has 0 heterocycles. The van der Waals surface area contributed by atoms with Crippen LogP contribution in [0.4, 0.5) is 4.39 Å². The molecule has 3 aromatic rings. The Kier molecular flexibility index (Phi) is 8.76. The van der Waals surface area contributed by atoms with E-state index in [1.54, 1.807) is 19.2 Å². The van der Waals surface area contributed by atoms with Crippen molar-refractivity contribution in [3.05, 3.63) is 92.7 Å². The number of benzene rings is 3. The van der Waals surface area contributed by atoms with Crippen LogP contribution >= 0.6 is 27.5 Å². The Morgan fingerprint density at radius 3 is 2.52 bits per heavy atom. The van der Waals surface area contributed by atoms with Crippen molar-refractivity contribution in [3.8, 4) is 11.5 Å². The summed E-state index contributed by atoms with van der Waals surface area (Å²) in [6.45, 7) is 2.75. The van der Waals surface area contributed by atoms with Crippen LogP contribution in [0.5, 0.6) is 11.5 Å². The van der Waals surface area contributed by atoms with Gasteiger partial charge in [0.25, 0.3) is 0 Å². The van der Waals surface area contributed by atoms with Crippen molar-refractivity contribution in [1.29, 1.82) is 0 Å². The topological polar surface area (TPSA) is 30.5 Å². The highest BCUT2D eigenvalue weighted by molar-refractivity contribution is 9.10. The van der Waals surface area contributed by atoms with Crippen LogP contribution < -0.4 is 14.8 Å². The van der Waals surface area contributed by atoms with Gasteiger partial charge in [-0.1, -0.05) is 63.9 Å². The summed E-state index contributed by atoms with van der Waals surface area (Å²) >= 11 is 9.77. The molecule has 0 aliphatic carbocycles. The second-order valence-corrected chi connectivity index (χ2v) is 8.61. The van der Waals surface area contributed by atoms with Crippen molar-refractivity contribution < 1.29 is 13.9 Å². The van der Waals surface area contributed by atoms with Crippen LogP contribution in [0.1, 0.15) is 30.0 Å². The molecule has 0 aliphatic rings. The summed E-state index contributed by atoms with van der Waals surface area (Å²) in [5, 5.41) is 3.89. The molecular weight excluding hydrogens is 481 g/mol. The van der Waals surface area contributed by atoms with E-state index >= 15 is 0 Å². The summed E-state index contributed by atoms with van der Waals surface area (Å²) in [4.78, 5) is 0. The van der Waals surface area contributed by atoms with E-state index < -0.39 is 5.82 Å². The third kappa shape index (κ3) is 6.45. The maximum Gasteiger partial charge on any atom is 0.167 e. The van der Waals surface area contributed by atoms with Gasteiger partial charge in [0.1, 0.15) is 12.4 Å². The number of hydrogen-bond acceptors (Lipinski definition) is 3. The number of nitrogens with one attached hydrogen (secondary N) is 1. The predicted molar refractivity (Wildman–Crippen MR) is 128 cm³/mol. The normalized spacial score (nSPS) is 11.9. The molecule has 0 aromatic heterocycles. The number of aryl methyl sites for hydroxylation is 1. The summed E-state index contributed by atoms with van der Waals surface area (Å²) in [5.41, 5.74) is 2.56. The molecular formula is C25H26BrClFNO2. The van der Waals surface area contributed by atoms with Gasteiger partial charge in [-0.25, -0.2) is 4.39 Å². The van der Waals surface area contributed by atoms with Gasteiger partial charge in [0.2, 0.25) is 0 Å². The van der Waals surface area contributed by atoms with E-state index in [0.29, 0.717) is 34.7 Å². The van der Waals surface area contributed by atoms with Crippen molar-refractivity contribution in [2.24, 2.45) is 0 Å². The minimum Gasteiger partial charge on any atom is -0.493 e. The molecule has 1 atom stereocenters. The molecule has 3 nitrogen and oxygen atoms in total. The van der Waals surface area contributed by atoms with Gasteiger partial charge in [-0.15, -0.1) is 0 Å². The molecule has 0 radical (unpaired) electrons. The number of halogens is 3. The Morgan fingerprint density at radius 2 is 1.81 bits per heavy atom. The van der Waals surface area contributed by atoms with Gasteiger partial charge in [0.05, 0.1) is 12.1 Å². The molecule has 31 heavy (non-hydrogen) atoms. The number of rotatable bonds is 10. The van der Waals surface area contributed by atoms with E-state index in [9.17, 15) is 4.39 Å². The maximum atomic E-state index is 14.2. The largest absolute Gasteiger partial charge is 0.493 e. The summed E-state index contributed by atoms with van der Waals surface area (Å²) in [7, 11) is 1.59. The molecule has 3 aromatic carbocycles. The number of ether oxygens (including phenoxy) is 2. The molecule has 0 amide bonds. The van der Waals surface area contributed by atoms with Crippen molar-refractivity contribution in [3.63, 3.8) is 0 Å². The minimum atomic E-state index is -0.393. The molecule has 0 fully saturated rings. The van der Waals surface area contributed by atoms with Gasteiger partial charge >= 0.3 is 0 Å². The first-order valence-corrected chi connectivity index (χ1v) is 11.3. The third-order valence-corrected chi connectivity index (χ3v) is 6.24. The van der Waals surface area contributed by atoms with Gasteiger partial charge in [0, 0.05) is 28.2 Å². The molecule has 164 valence electrons. The Balaban J connectivity index is 1.70. The van der Waals surface area contributed by atoms with Gasteiger partial charge in [-0.3, -0.25) is 0 Å². The zero-order chi connectivity index (χ0) is 22.2. The second kappa shape index (κ2) is 11.5. The summed E-state index contributed by atoms with van der Waals surface area (Å²) in [6.07, 6.45) is 2.01. The monoisotopic (exact) mass is 505 g/mol. The summed E-state index contributed by atoms with van der Waals surface area (Å²) in [5.74, 6) is 0.763. The second-order valence-electron chi connectivity index (χ2n) is 7.35. The van der Waals surface area contributed by atoms with Crippen LogP contribution in [0.15, 0.2) is 65.1 Å². The van der Waals surface area contributed by atoms with Crippen LogP contribution in [-0.4, -0.2) is 13.2 Å². The lowest BCUT2D eigenvalue weighted by atomic mass is 10.1. The van der Waals surface area contributed by atoms with E-state index in [0.717, 1.165) is 22.9 Å². The zero-order valence-corrected chi connectivity index (χ0v) is 20.0. The molecule has 3 rings (SSSR count). The SMILES string of the molecule is COc1ccc(Br)c(CNC(C)CCc2ccccc2)c1OCc1c(F)cccc1Cl. The fourth-order valence-corrected chi connectivity index (χ4v) is 3.96. The van der Waals surface area contributed by atoms with Crippen LogP contribution in [0, 0.1) is 5.82 Å². The molecule has 0 aliphatic heterocycles. The summed E-state index contributed by atoms with van der Waals surface area (Å²) in [6, 6.07) is 19.1. The molecule has 1 unspecified atom stereocenters. The maximum absolute atomic E-state index is 14.2. The highest BCUT2D eigenvalue weighted by Gasteiger charge is 2.17. The van der Waals surface area contributed by atoms with E-state index in [1.807, 2.05) is 18.2 Å². The highest BCUT2D eigenvalue weighted by atomic mass is 79.9. The molecule has 0 bridgehead atoms. The van der Waals surface area contributed by atoms with E-state index in [-0.39, 0.29) is 6.61 Å². The Labute approximate surface area is 196 Å². The zero-order valence-electron chi connectivity index (χ0n) is 17.6. The first kappa shape index (κ1) is 23.6. The highest BCUT2D eigenvalue weighted by Crippen LogP contribution is 2.37. The van der Waals surface area contributed by atoms with E-state index in [1.165, 1.54) is 11.6 Å². The smallest absolute Gasteiger partial charge is 0.167 e. The molecule has 0 saturated carbocycles. The Morgan fingerprint density at radius 1 is 1.03 bits per heavy atom. The van der Waals surface area contributed by atoms with Crippen LogP contribution in [-0.2, 0) is 19.6 Å². The summed E-state index contributed by atoms with van der Waals surface area (Å²) < 4.78 is 26.6. The average molecular weight is 507 g/mol. The fraction of sp³-hybridized carbons (Fsp3) is 0.280. The van der Waals surface area contributed by atoms with Crippen molar-refractivity contribution in [2.45, 2.75) is 39.0 Å². The fourth-order valence-electron chi connectivity index (χ4n) is 3.29. The van der Waals surface area contributed by atoms with Crippen LogP contribution in [0.3, 0.4) is 0 Å². The minimum absolute atomic E-state index is 0.00881. The van der Waals surface area contributed by atoms with Gasteiger partial charge in [-0.2, -0.15) is 0 Å². The van der Waals surface area contributed by atoms with Crippen LogP contribution in [0.25, 0.3) is 0 Å². The Bertz CT molecular complexity index is 980. The van der Waals surface area contributed by atoms with Crippen molar-refractivity contribution in [2.75, 3.05) is 7.11 Å². The lowest BCUT2D eigenvalue weighted by molar-refractivity contribution is 0.275. The average Bonchev–Trinajstić information content (AvgIpc) is 2.77. The van der Waals surface area contributed by atoms with Crippen LogP contribution in [0.2, 0.25) is 5.02 Å². The molecule has 6 heteroatoms. The van der Waals surface area contributed by atoms with Gasteiger partial charge in [0.15, 0.2) is 11.5 Å². The standard InChI is InChI=1S/C25H26BrClFNO2/c1-17(11-12-18-7-4-3-5-8-18)29-15-19-21(26)13-14-24(30-2)25(19)31-16-20-22(27)9-6-10-23(20)28/h3-10,13-14,17,29H,11-12,15-16H2,1-2H3.